The number of rotatable bonds is 5. The average molecular weight is 296 g/mol. The Kier molecular flexibility index (Phi) is 4.76. The van der Waals surface area contributed by atoms with Gasteiger partial charge in [0, 0.05) is 10.9 Å². The number of alkyl halides is 1. The van der Waals surface area contributed by atoms with E-state index in [0.29, 0.717) is 5.88 Å². The second kappa shape index (κ2) is 6.54. The summed E-state index contributed by atoms with van der Waals surface area (Å²) in [6, 6.07) is 5.75. The van der Waals surface area contributed by atoms with Gasteiger partial charge in [-0.1, -0.05) is 0 Å². The van der Waals surface area contributed by atoms with Crippen molar-refractivity contribution in [2.45, 2.75) is 12.8 Å². The monoisotopic (exact) mass is 295 g/mol. The van der Waals surface area contributed by atoms with E-state index in [9.17, 15) is 0 Å². The summed E-state index contributed by atoms with van der Waals surface area (Å²) in [5.41, 5.74) is 5.77. The lowest BCUT2D eigenvalue weighted by Crippen LogP contribution is -1.93. The molecule has 1 N–H and O–H groups in total. The van der Waals surface area contributed by atoms with E-state index < -0.39 is 0 Å². The van der Waals surface area contributed by atoms with Crippen molar-refractivity contribution in [3.05, 3.63) is 40.4 Å². The smallest absolute Gasteiger partial charge is 0.203 e. The number of hydrogen-bond donors (Lipinski definition) is 1. The molecule has 0 amide bonds. The molecule has 19 heavy (non-hydrogen) atoms. The Bertz CT molecular complexity index is 583. The van der Waals surface area contributed by atoms with Crippen molar-refractivity contribution >= 4 is 34.3 Å². The molecular weight excluding hydrogens is 282 g/mol. The van der Waals surface area contributed by atoms with Crippen molar-refractivity contribution < 1.29 is 4.74 Å². The molecule has 0 bridgehead atoms. The SMILES string of the molecule is COc1ccc(C=NNc2nc(C)cs2)cc1CCl. The molecule has 0 aliphatic rings. The third-order valence-corrected chi connectivity index (χ3v) is 3.59. The Balaban J connectivity index is 2.06. The van der Waals surface area contributed by atoms with Crippen LogP contribution in [0, 0.1) is 6.92 Å². The number of methoxy groups -OCH3 is 1. The summed E-state index contributed by atoms with van der Waals surface area (Å²) >= 11 is 7.39. The van der Waals surface area contributed by atoms with E-state index in [1.165, 1.54) is 11.3 Å². The van der Waals surface area contributed by atoms with E-state index in [4.69, 9.17) is 16.3 Å². The number of halogens is 1. The van der Waals surface area contributed by atoms with Crippen LogP contribution in [0.25, 0.3) is 0 Å². The fourth-order valence-electron chi connectivity index (χ4n) is 1.55. The largest absolute Gasteiger partial charge is 0.496 e. The van der Waals surface area contributed by atoms with Crippen LogP contribution < -0.4 is 10.2 Å². The van der Waals surface area contributed by atoms with Gasteiger partial charge in [0.1, 0.15) is 5.75 Å². The van der Waals surface area contributed by atoms with Gasteiger partial charge in [0.15, 0.2) is 0 Å². The lowest BCUT2D eigenvalue weighted by molar-refractivity contribution is 0.411. The number of nitrogens with zero attached hydrogens (tertiary/aromatic N) is 2. The normalized spacial score (nSPS) is 10.9. The molecule has 0 fully saturated rings. The predicted molar refractivity (Wildman–Crippen MR) is 80.6 cm³/mol. The maximum atomic E-state index is 5.87. The number of benzene rings is 1. The number of aryl methyl sites for hydroxylation is 1. The van der Waals surface area contributed by atoms with Crippen LogP contribution in [0.4, 0.5) is 5.13 Å². The summed E-state index contributed by atoms with van der Waals surface area (Å²) in [4.78, 5) is 4.26. The van der Waals surface area contributed by atoms with Crippen molar-refractivity contribution in [2.75, 3.05) is 12.5 Å². The van der Waals surface area contributed by atoms with Crippen LogP contribution in [0.1, 0.15) is 16.8 Å². The molecule has 2 aromatic rings. The zero-order valence-electron chi connectivity index (χ0n) is 10.7. The Morgan fingerprint density at radius 3 is 3.00 bits per heavy atom. The van der Waals surface area contributed by atoms with Gasteiger partial charge < -0.3 is 4.74 Å². The van der Waals surface area contributed by atoms with Gasteiger partial charge in [0.05, 0.1) is 24.9 Å². The van der Waals surface area contributed by atoms with E-state index in [1.807, 2.05) is 30.5 Å². The zero-order chi connectivity index (χ0) is 13.7. The van der Waals surface area contributed by atoms with Crippen molar-refractivity contribution in [1.29, 1.82) is 0 Å². The van der Waals surface area contributed by atoms with Crippen molar-refractivity contribution in [2.24, 2.45) is 5.10 Å². The van der Waals surface area contributed by atoms with Gasteiger partial charge in [-0.3, -0.25) is 5.43 Å². The second-order valence-corrected chi connectivity index (χ2v) is 4.99. The molecule has 1 aromatic carbocycles. The Labute approximate surface area is 121 Å². The molecule has 2 rings (SSSR count). The van der Waals surface area contributed by atoms with Crippen LogP contribution in [0.5, 0.6) is 5.75 Å². The number of nitrogens with one attached hydrogen (secondary N) is 1. The maximum absolute atomic E-state index is 5.87. The van der Waals surface area contributed by atoms with Gasteiger partial charge in [0.25, 0.3) is 0 Å². The van der Waals surface area contributed by atoms with E-state index in [2.05, 4.69) is 15.5 Å². The quantitative estimate of drug-likeness (QED) is 0.520. The number of ether oxygens (including phenoxy) is 1. The Morgan fingerprint density at radius 1 is 1.53 bits per heavy atom. The van der Waals surface area contributed by atoms with E-state index in [-0.39, 0.29) is 0 Å². The molecule has 100 valence electrons. The molecule has 0 aliphatic carbocycles. The van der Waals surface area contributed by atoms with Gasteiger partial charge in [-0.2, -0.15) is 5.10 Å². The van der Waals surface area contributed by atoms with Crippen LogP contribution in [-0.2, 0) is 5.88 Å². The van der Waals surface area contributed by atoms with Gasteiger partial charge in [-0.15, -0.1) is 22.9 Å². The van der Waals surface area contributed by atoms with E-state index in [1.54, 1.807) is 13.3 Å². The first kappa shape index (κ1) is 13.8. The summed E-state index contributed by atoms with van der Waals surface area (Å²) in [5.74, 6) is 1.19. The number of aromatic nitrogens is 1. The molecule has 1 aromatic heterocycles. The molecule has 0 radical (unpaired) electrons. The first-order valence-corrected chi connectivity index (χ1v) is 7.08. The van der Waals surface area contributed by atoms with Crippen molar-refractivity contribution in [3.63, 3.8) is 0 Å². The van der Waals surface area contributed by atoms with Crippen molar-refractivity contribution in [1.82, 2.24) is 4.98 Å². The predicted octanol–water partition coefficient (Wildman–Crippen LogP) is 3.64. The summed E-state index contributed by atoms with van der Waals surface area (Å²) in [6.07, 6.45) is 1.73. The third-order valence-electron chi connectivity index (χ3n) is 2.44. The molecule has 0 spiro atoms. The Morgan fingerprint density at radius 2 is 2.37 bits per heavy atom. The second-order valence-electron chi connectivity index (χ2n) is 3.87. The molecule has 6 heteroatoms. The first-order chi connectivity index (χ1) is 9.22. The number of anilines is 1. The van der Waals surface area contributed by atoms with Crippen molar-refractivity contribution in [3.8, 4) is 5.75 Å². The third kappa shape index (κ3) is 3.68. The fourth-order valence-corrected chi connectivity index (χ4v) is 2.40. The molecule has 0 aliphatic heterocycles. The van der Waals surface area contributed by atoms with Crippen LogP contribution in [0.3, 0.4) is 0 Å². The van der Waals surface area contributed by atoms with Gasteiger partial charge >= 0.3 is 0 Å². The molecule has 4 nitrogen and oxygen atoms in total. The number of thiazole rings is 1. The molecule has 0 unspecified atom stereocenters. The van der Waals surface area contributed by atoms with E-state index >= 15 is 0 Å². The molecule has 0 saturated heterocycles. The van der Waals surface area contributed by atoms with Gasteiger partial charge in [-0.25, -0.2) is 4.98 Å². The standard InChI is InChI=1S/C13H14ClN3OS/c1-9-8-19-13(16-9)17-15-7-10-3-4-12(18-2)11(5-10)6-14/h3-5,7-8H,6H2,1-2H3,(H,16,17). The minimum absolute atomic E-state index is 0.407. The minimum atomic E-state index is 0.407. The first-order valence-electron chi connectivity index (χ1n) is 5.67. The van der Waals surface area contributed by atoms with E-state index in [0.717, 1.165) is 27.7 Å². The summed E-state index contributed by atoms with van der Waals surface area (Å²) in [6.45, 7) is 1.95. The minimum Gasteiger partial charge on any atom is -0.496 e. The van der Waals surface area contributed by atoms with Gasteiger partial charge in [-0.05, 0) is 30.7 Å². The number of hydrazone groups is 1. The lowest BCUT2D eigenvalue weighted by atomic mass is 10.1. The molecular formula is C13H14ClN3OS. The summed E-state index contributed by atoms with van der Waals surface area (Å²) in [5, 5.41) is 6.89. The number of hydrogen-bond acceptors (Lipinski definition) is 5. The highest BCUT2D eigenvalue weighted by Crippen LogP contribution is 2.21. The Hall–Kier alpha value is -1.59. The highest BCUT2D eigenvalue weighted by Gasteiger charge is 2.02. The highest BCUT2D eigenvalue weighted by atomic mass is 35.5. The van der Waals surface area contributed by atoms with Crippen LogP contribution in [0.2, 0.25) is 0 Å². The molecule has 0 saturated carbocycles. The fraction of sp³-hybridized carbons (Fsp3) is 0.231. The zero-order valence-corrected chi connectivity index (χ0v) is 12.3. The van der Waals surface area contributed by atoms with Crippen LogP contribution in [-0.4, -0.2) is 18.3 Å². The maximum Gasteiger partial charge on any atom is 0.203 e. The topological polar surface area (TPSA) is 46.5 Å². The van der Waals surface area contributed by atoms with Crippen LogP contribution in [0.15, 0.2) is 28.7 Å². The molecule has 0 atom stereocenters. The molecule has 1 heterocycles. The summed E-state index contributed by atoms with van der Waals surface area (Å²) in [7, 11) is 1.63. The summed E-state index contributed by atoms with van der Waals surface area (Å²) < 4.78 is 5.21. The lowest BCUT2D eigenvalue weighted by Gasteiger charge is -2.06. The average Bonchev–Trinajstić information content (AvgIpc) is 2.84. The van der Waals surface area contributed by atoms with Crippen LogP contribution >= 0.6 is 22.9 Å². The van der Waals surface area contributed by atoms with Gasteiger partial charge in [0.2, 0.25) is 5.13 Å². The highest BCUT2D eigenvalue weighted by molar-refractivity contribution is 7.13.